The molecule has 128 valence electrons. The summed E-state index contributed by atoms with van der Waals surface area (Å²) in [6, 6.07) is 9.45. The summed E-state index contributed by atoms with van der Waals surface area (Å²) in [5, 5.41) is 34.1. The molecule has 6 heteroatoms. The first-order chi connectivity index (χ1) is 11.1. The van der Waals surface area contributed by atoms with Gasteiger partial charge >= 0.3 is 0 Å². The second-order valence-electron chi connectivity index (χ2n) is 6.09. The number of aliphatic hydroxyl groups is 3. The maximum atomic E-state index is 10.3. The minimum Gasteiger partial charge on any atom is -0.391 e. The minimum absolute atomic E-state index is 0.434. The van der Waals surface area contributed by atoms with Crippen molar-refractivity contribution in [3.8, 4) is 0 Å². The number of anilines is 1. The first kappa shape index (κ1) is 17.9. The van der Waals surface area contributed by atoms with E-state index < -0.39 is 18.3 Å². The quantitative estimate of drug-likeness (QED) is 0.445. The van der Waals surface area contributed by atoms with E-state index >= 15 is 0 Å². The van der Waals surface area contributed by atoms with Crippen LogP contribution in [0.1, 0.15) is 26.2 Å². The van der Waals surface area contributed by atoms with Crippen LogP contribution in [0.5, 0.6) is 0 Å². The summed E-state index contributed by atoms with van der Waals surface area (Å²) in [5.74, 6) is 0. The van der Waals surface area contributed by atoms with E-state index in [4.69, 9.17) is 0 Å². The molecule has 3 unspecified atom stereocenters. The van der Waals surface area contributed by atoms with Gasteiger partial charge in [-0.25, -0.2) is 0 Å². The molecule has 1 fully saturated rings. The summed E-state index contributed by atoms with van der Waals surface area (Å²) in [5.41, 5.74) is 4.16. The molecule has 1 aromatic rings. The molecule has 0 amide bonds. The molecule has 0 spiro atoms. The maximum Gasteiger partial charge on any atom is 0.123 e. The van der Waals surface area contributed by atoms with Crippen molar-refractivity contribution in [1.82, 2.24) is 4.90 Å². The molecular formula is C17H27N3O3. The Morgan fingerprint density at radius 2 is 1.78 bits per heavy atom. The summed E-state index contributed by atoms with van der Waals surface area (Å²) >= 11 is 0. The fraction of sp³-hybridized carbons (Fsp3) is 0.588. The summed E-state index contributed by atoms with van der Waals surface area (Å²) in [6.45, 7) is 3.85. The number of piperidine rings is 1. The summed E-state index contributed by atoms with van der Waals surface area (Å²) in [7, 11) is 0. The van der Waals surface area contributed by atoms with Crippen LogP contribution in [0.2, 0.25) is 0 Å². The van der Waals surface area contributed by atoms with Gasteiger partial charge in [-0.15, -0.1) is 0 Å². The molecule has 1 heterocycles. The monoisotopic (exact) mass is 321 g/mol. The summed E-state index contributed by atoms with van der Waals surface area (Å²) in [4.78, 5) is 2.22. The normalized spacial score (nSPS) is 20.8. The molecule has 1 aromatic carbocycles. The van der Waals surface area contributed by atoms with Gasteiger partial charge in [-0.2, -0.15) is 5.10 Å². The van der Waals surface area contributed by atoms with Crippen LogP contribution in [-0.2, 0) is 0 Å². The number of rotatable bonds is 7. The lowest BCUT2D eigenvalue weighted by atomic mass is 10.0. The lowest BCUT2D eigenvalue weighted by Gasteiger charge is -2.29. The van der Waals surface area contributed by atoms with Gasteiger partial charge in [0.05, 0.1) is 17.5 Å². The van der Waals surface area contributed by atoms with Crippen molar-refractivity contribution in [2.45, 2.75) is 44.5 Å². The van der Waals surface area contributed by atoms with Crippen LogP contribution in [0.15, 0.2) is 35.4 Å². The van der Waals surface area contributed by atoms with Gasteiger partial charge in [0, 0.05) is 6.54 Å². The maximum absolute atomic E-state index is 10.3. The molecule has 6 nitrogen and oxygen atoms in total. The van der Waals surface area contributed by atoms with Crippen LogP contribution in [-0.4, -0.2) is 63.9 Å². The Bertz CT molecular complexity index is 487. The van der Waals surface area contributed by atoms with E-state index in [9.17, 15) is 15.3 Å². The molecule has 23 heavy (non-hydrogen) atoms. The van der Waals surface area contributed by atoms with Gasteiger partial charge in [0.25, 0.3) is 0 Å². The minimum atomic E-state index is -1.25. The molecule has 0 bridgehead atoms. The number of hydrazone groups is 1. The average Bonchev–Trinajstić information content (AvgIpc) is 2.59. The van der Waals surface area contributed by atoms with Gasteiger partial charge in [0.2, 0.25) is 0 Å². The number of nitrogens with one attached hydrogen (secondary N) is 1. The van der Waals surface area contributed by atoms with Gasteiger partial charge in [-0.05, 0) is 45.0 Å². The molecule has 2 rings (SSSR count). The number of hydrogen-bond acceptors (Lipinski definition) is 6. The standard InChI is InChI=1S/C17H27N3O3/c1-13(21)16(22)17(23)15(12-20-10-6-3-7-11-20)19-18-14-8-4-2-5-9-14/h2,4-5,8-9,13,16-18,21-23H,3,6-7,10-12H2,1H3/b19-15-. The van der Waals surface area contributed by atoms with E-state index in [1.165, 1.54) is 13.3 Å². The van der Waals surface area contributed by atoms with E-state index in [0.29, 0.717) is 12.3 Å². The third kappa shape index (κ3) is 5.58. The van der Waals surface area contributed by atoms with Crippen molar-refractivity contribution >= 4 is 11.4 Å². The van der Waals surface area contributed by atoms with Crippen LogP contribution in [0.4, 0.5) is 5.69 Å². The van der Waals surface area contributed by atoms with Gasteiger partial charge in [-0.3, -0.25) is 10.3 Å². The fourth-order valence-corrected chi connectivity index (χ4v) is 2.65. The first-order valence-corrected chi connectivity index (χ1v) is 8.22. The first-order valence-electron chi connectivity index (χ1n) is 8.22. The Morgan fingerprint density at radius 3 is 2.39 bits per heavy atom. The molecule has 0 aromatic heterocycles. The molecule has 0 aliphatic carbocycles. The number of hydrogen-bond donors (Lipinski definition) is 4. The zero-order valence-corrected chi connectivity index (χ0v) is 13.6. The number of para-hydroxylation sites is 1. The lowest BCUT2D eigenvalue weighted by molar-refractivity contribution is -0.0267. The predicted octanol–water partition coefficient (Wildman–Crippen LogP) is 1.04. The van der Waals surface area contributed by atoms with Crippen LogP contribution >= 0.6 is 0 Å². The average molecular weight is 321 g/mol. The molecule has 1 saturated heterocycles. The van der Waals surface area contributed by atoms with E-state index in [0.717, 1.165) is 31.6 Å². The lowest BCUT2D eigenvalue weighted by Crippen LogP contribution is -2.46. The molecule has 0 radical (unpaired) electrons. The highest BCUT2D eigenvalue weighted by molar-refractivity contribution is 5.91. The molecule has 1 aliphatic heterocycles. The zero-order valence-electron chi connectivity index (χ0n) is 13.6. The van der Waals surface area contributed by atoms with Gasteiger partial charge in [0.15, 0.2) is 0 Å². The highest BCUT2D eigenvalue weighted by Crippen LogP contribution is 2.12. The predicted molar refractivity (Wildman–Crippen MR) is 91.5 cm³/mol. The van der Waals surface area contributed by atoms with Crippen molar-refractivity contribution in [1.29, 1.82) is 0 Å². The summed E-state index contributed by atoms with van der Waals surface area (Å²) < 4.78 is 0. The third-order valence-corrected chi connectivity index (χ3v) is 4.10. The van der Waals surface area contributed by atoms with Crippen LogP contribution in [0.25, 0.3) is 0 Å². The van der Waals surface area contributed by atoms with Gasteiger partial charge in [-0.1, -0.05) is 24.6 Å². The Labute approximate surface area is 137 Å². The smallest absolute Gasteiger partial charge is 0.123 e. The van der Waals surface area contributed by atoms with Gasteiger partial charge < -0.3 is 15.3 Å². The second-order valence-corrected chi connectivity index (χ2v) is 6.09. The highest BCUT2D eigenvalue weighted by Gasteiger charge is 2.28. The van der Waals surface area contributed by atoms with Gasteiger partial charge in [0.1, 0.15) is 12.2 Å². The Kier molecular flexibility index (Phi) is 6.98. The molecule has 3 atom stereocenters. The van der Waals surface area contributed by atoms with Crippen molar-refractivity contribution in [2.24, 2.45) is 5.10 Å². The Morgan fingerprint density at radius 1 is 1.13 bits per heavy atom. The topological polar surface area (TPSA) is 88.3 Å². The number of nitrogens with zero attached hydrogens (tertiary/aromatic N) is 2. The van der Waals surface area contributed by atoms with Crippen molar-refractivity contribution in [2.75, 3.05) is 25.1 Å². The highest BCUT2D eigenvalue weighted by atomic mass is 16.4. The van der Waals surface area contributed by atoms with E-state index in [1.54, 1.807) is 0 Å². The zero-order chi connectivity index (χ0) is 16.7. The number of benzene rings is 1. The third-order valence-electron chi connectivity index (χ3n) is 4.10. The SMILES string of the molecule is CC(O)C(O)C(O)/C(CN1CCCCC1)=N\Nc1ccccc1. The second kappa shape index (κ2) is 8.98. The van der Waals surface area contributed by atoms with Crippen LogP contribution < -0.4 is 5.43 Å². The van der Waals surface area contributed by atoms with Crippen molar-refractivity contribution in [3.63, 3.8) is 0 Å². The van der Waals surface area contributed by atoms with E-state index in [1.807, 2.05) is 30.3 Å². The van der Waals surface area contributed by atoms with Crippen LogP contribution in [0, 0.1) is 0 Å². The van der Waals surface area contributed by atoms with E-state index in [2.05, 4.69) is 15.4 Å². The largest absolute Gasteiger partial charge is 0.391 e. The molecule has 0 saturated carbocycles. The molecule has 1 aliphatic rings. The van der Waals surface area contributed by atoms with E-state index in [-0.39, 0.29) is 0 Å². The van der Waals surface area contributed by atoms with Crippen molar-refractivity contribution < 1.29 is 15.3 Å². The number of aliphatic hydroxyl groups excluding tert-OH is 3. The Balaban J connectivity index is 2.09. The van der Waals surface area contributed by atoms with Crippen molar-refractivity contribution in [3.05, 3.63) is 30.3 Å². The Hall–Kier alpha value is -1.47. The fourth-order valence-electron chi connectivity index (χ4n) is 2.65. The summed E-state index contributed by atoms with van der Waals surface area (Å²) in [6.07, 6.45) is 0.0185. The number of likely N-dealkylation sites (tertiary alicyclic amines) is 1. The molecular weight excluding hydrogens is 294 g/mol. The van der Waals surface area contributed by atoms with Crippen LogP contribution in [0.3, 0.4) is 0 Å². The molecule has 4 N–H and O–H groups in total.